The minimum Gasteiger partial charge on any atom is -0.511 e. The highest BCUT2D eigenvalue weighted by Crippen LogP contribution is 2.33. The molecule has 0 saturated carbocycles. The third-order valence-electron chi connectivity index (χ3n) is 4.21. The smallest absolute Gasteiger partial charge is 0.261 e. The molecule has 2 amide bonds. The normalized spacial score (nSPS) is 19.5. The molecule has 120 valence electrons. The van der Waals surface area contributed by atoms with E-state index in [2.05, 4.69) is 10.3 Å². The number of fused-ring (bicyclic) bond motifs is 2. The van der Waals surface area contributed by atoms with Crippen LogP contribution in [0.1, 0.15) is 18.4 Å². The molecule has 1 fully saturated rings. The van der Waals surface area contributed by atoms with Crippen molar-refractivity contribution >= 4 is 28.8 Å². The van der Waals surface area contributed by atoms with E-state index in [0.29, 0.717) is 5.57 Å². The third-order valence-corrected chi connectivity index (χ3v) is 4.21. The van der Waals surface area contributed by atoms with Gasteiger partial charge < -0.3 is 15.2 Å². The lowest BCUT2D eigenvalue weighted by atomic mass is 9.87. The van der Waals surface area contributed by atoms with Gasteiger partial charge in [-0.25, -0.2) is 0 Å². The van der Waals surface area contributed by atoms with Gasteiger partial charge in [0.25, 0.3) is 5.91 Å². The van der Waals surface area contributed by atoms with E-state index >= 15 is 0 Å². The minimum absolute atomic E-state index is 0.0266. The van der Waals surface area contributed by atoms with Crippen molar-refractivity contribution in [3.05, 3.63) is 58.5 Å². The average molecular weight is 322 g/mol. The van der Waals surface area contributed by atoms with Gasteiger partial charge in [0.1, 0.15) is 11.5 Å². The fourth-order valence-corrected chi connectivity index (χ4v) is 3.19. The number of aromatic hydroxyl groups is 1. The fraction of sp³-hybridized carbons (Fsp3) is 0.111. The SMILES string of the molecule is O=C1CC2=CC(=Cc3c[nH]c4cc(O)ccc34)CC(O)=C2C(=O)N1. The molecule has 6 nitrogen and oxygen atoms in total. The van der Waals surface area contributed by atoms with Gasteiger partial charge in [-0.15, -0.1) is 0 Å². The summed E-state index contributed by atoms with van der Waals surface area (Å²) in [6, 6.07) is 5.05. The first kappa shape index (κ1) is 14.3. The van der Waals surface area contributed by atoms with Gasteiger partial charge in [-0.2, -0.15) is 0 Å². The van der Waals surface area contributed by atoms with Crippen LogP contribution in [0.2, 0.25) is 0 Å². The number of H-pyrrole nitrogens is 1. The standard InChI is InChI=1S/C18H14N2O4/c21-12-1-2-13-11(8-19-14(13)7-12)4-9-3-10-6-16(23)20-18(24)17(10)15(22)5-9/h1-4,7-8,19,21-22H,5-6H2,(H,20,23,24). The van der Waals surface area contributed by atoms with Crippen LogP contribution in [0.5, 0.6) is 5.75 Å². The number of amides is 2. The highest BCUT2D eigenvalue weighted by Gasteiger charge is 2.31. The molecule has 24 heavy (non-hydrogen) atoms. The Labute approximate surface area is 136 Å². The number of nitrogens with one attached hydrogen (secondary N) is 2. The van der Waals surface area contributed by atoms with Crippen LogP contribution in [0.25, 0.3) is 17.0 Å². The molecule has 6 heteroatoms. The van der Waals surface area contributed by atoms with Crippen molar-refractivity contribution in [2.24, 2.45) is 0 Å². The summed E-state index contributed by atoms with van der Waals surface area (Å²) < 4.78 is 0. The molecule has 0 bridgehead atoms. The second-order valence-corrected chi connectivity index (χ2v) is 5.92. The molecule has 4 rings (SSSR count). The molecular weight excluding hydrogens is 308 g/mol. The van der Waals surface area contributed by atoms with Crippen molar-refractivity contribution in [2.75, 3.05) is 0 Å². The van der Waals surface area contributed by atoms with Gasteiger partial charge in [0.05, 0.1) is 12.0 Å². The minimum atomic E-state index is -0.545. The highest BCUT2D eigenvalue weighted by molar-refractivity contribution is 6.12. The molecule has 1 aliphatic carbocycles. The predicted molar refractivity (Wildman–Crippen MR) is 88.1 cm³/mol. The van der Waals surface area contributed by atoms with Crippen LogP contribution < -0.4 is 5.32 Å². The quantitative estimate of drug-likeness (QED) is 0.606. The Bertz CT molecular complexity index is 992. The summed E-state index contributed by atoms with van der Waals surface area (Å²) in [7, 11) is 0. The number of rotatable bonds is 1. The van der Waals surface area contributed by atoms with Crippen LogP contribution in [-0.2, 0) is 9.59 Å². The molecule has 2 aliphatic rings. The molecule has 0 spiro atoms. The van der Waals surface area contributed by atoms with E-state index in [4.69, 9.17) is 0 Å². The van der Waals surface area contributed by atoms with E-state index in [0.717, 1.165) is 22.0 Å². The van der Waals surface area contributed by atoms with Crippen LogP contribution in [-0.4, -0.2) is 27.0 Å². The Morgan fingerprint density at radius 1 is 1.12 bits per heavy atom. The molecule has 2 aromatic rings. The second-order valence-electron chi connectivity index (χ2n) is 5.92. The van der Waals surface area contributed by atoms with Gasteiger partial charge in [0, 0.05) is 35.2 Å². The zero-order valence-electron chi connectivity index (χ0n) is 12.6. The monoisotopic (exact) mass is 322 g/mol. The molecule has 1 aliphatic heterocycles. The summed E-state index contributed by atoms with van der Waals surface area (Å²) in [5.74, 6) is -0.759. The van der Waals surface area contributed by atoms with Gasteiger partial charge >= 0.3 is 0 Å². The van der Waals surface area contributed by atoms with E-state index < -0.39 is 5.91 Å². The number of aliphatic hydroxyl groups is 1. The molecule has 2 heterocycles. The number of phenols is 1. The molecule has 0 unspecified atom stereocenters. The summed E-state index contributed by atoms with van der Waals surface area (Å²) in [5, 5.41) is 22.9. The Kier molecular flexibility index (Phi) is 3.06. The first-order valence-corrected chi connectivity index (χ1v) is 7.49. The van der Waals surface area contributed by atoms with Gasteiger partial charge in [-0.05, 0) is 29.4 Å². The van der Waals surface area contributed by atoms with Crippen LogP contribution in [0.4, 0.5) is 0 Å². The Morgan fingerprint density at radius 2 is 1.96 bits per heavy atom. The lowest BCUT2D eigenvalue weighted by molar-refractivity contribution is -0.129. The molecule has 1 saturated heterocycles. The van der Waals surface area contributed by atoms with Crippen LogP contribution >= 0.6 is 0 Å². The number of carbonyl (C=O) groups excluding carboxylic acids is 2. The number of imide groups is 1. The van der Waals surface area contributed by atoms with E-state index in [9.17, 15) is 19.8 Å². The van der Waals surface area contributed by atoms with E-state index in [1.807, 2.05) is 18.3 Å². The van der Waals surface area contributed by atoms with Crippen LogP contribution in [0.15, 0.2) is 53.0 Å². The number of allylic oxidation sites excluding steroid dienone is 2. The maximum absolute atomic E-state index is 11.8. The molecule has 0 radical (unpaired) electrons. The molecule has 1 aromatic carbocycles. The van der Waals surface area contributed by atoms with Crippen molar-refractivity contribution in [1.82, 2.24) is 10.3 Å². The van der Waals surface area contributed by atoms with Crippen molar-refractivity contribution < 1.29 is 19.8 Å². The first-order chi connectivity index (χ1) is 11.5. The number of hydrogen-bond acceptors (Lipinski definition) is 4. The number of aromatic nitrogens is 1. The number of aromatic amines is 1. The summed E-state index contributed by atoms with van der Waals surface area (Å²) in [6.07, 6.45) is 5.79. The Balaban J connectivity index is 1.76. The summed E-state index contributed by atoms with van der Waals surface area (Å²) >= 11 is 0. The maximum Gasteiger partial charge on any atom is 0.261 e. The lowest BCUT2D eigenvalue weighted by Gasteiger charge is -2.23. The summed E-state index contributed by atoms with van der Waals surface area (Å²) in [4.78, 5) is 26.5. The molecule has 1 aromatic heterocycles. The number of benzene rings is 1. The van der Waals surface area contributed by atoms with E-state index in [-0.39, 0.29) is 35.8 Å². The maximum atomic E-state index is 11.8. The number of piperidine rings is 1. The lowest BCUT2D eigenvalue weighted by Crippen LogP contribution is -2.38. The van der Waals surface area contributed by atoms with Crippen LogP contribution in [0.3, 0.4) is 0 Å². The Morgan fingerprint density at radius 3 is 2.79 bits per heavy atom. The molecular formula is C18H14N2O4. The topological polar surface area (TPSA) is 102 Å². The number of aliphatic hydroxyl groups excluding tert-OH is 1. The number of hydrogen-bond donors (Lipinski definition) is 4. The van der Waals surface area contributed by atoms with Gasteiger partial charge in [0.15, 0.2) is 0 Å². The molecule has 0 atom stereocenters. The van der Waals surface area contributed by atoms with Gasteiger partial charge in [0.2, 0.25) is 5.91 Å². The van der Waals surface area contributed by atoms with Crippen LogP contribution in [0, 0.1) is 0 Å². The average Bonchev–Trinajstić information content (AvgIpc) is 2.88. The fourth-order valence-electron chi connectivity index (χ4n) is 3.19. The zero-order valence-corrected chi connectivity index (χ0v) is 12.6. The van der Waals surface area contributed by atoms with Crippen molar-refractivity contribution in [3.8, 4) is 5.75 Å². The van der Waals surface area contributed by atoms with E-state index in [1.165, 1.54) is 0 Å². The predicted octanol–water partition coefficient (Wildman–Crippen LogP) is 2.45. The number of carbonyl (C=O) groups is 2. The first-order valence-electron chi connectivity index (χ1n) is 7.49. The van der Waals surface area contributed by atoms with E-state index in [1.54, 1.807) is 18.2 Å². The number of phenolic OH excluding ortho intramolecular Hbond substituents is 1. The van der Waals surface area contributed by atoms with Gasteiger partial charge in [-0.3, -0.25) is 14.9 Å². The summed E-state index contributed by atoms with van der Waals surface area (Å²) in [6.45, 7) is 0. The Hall–Kier alpha value is -3.28. The molecule has 4 N–H and O–H groups in total. The second kappa shape index (κ2) is 5.13. The summed E-state index contributed by atoms with van der Waals surface area (Å²) in [5.41, 5.74) is 3.26. The van der Waals surface area contributed by atoms with Crippen molar-refractivity contribution in [2.45, 2.75) is 12.8 Å². The van der Waals surface area contributed by atoms with Gasteiger partial charge in [-0.1, -0.05) is 6.08 Å². The highest BCUT2D eigenvalue weighted by atomic mass is 16.3. The van der Waals surface area contributed by atoms with Crippen molar-refractivity contribution in [3.63, 3.8) is 0 Å². The largest absolute Gasteiger partial charge is 0.511 e. The zero-order chi connectivity index (χ0) is 16.8. The third kappa shape index (κ3) is 2.28. The van der Waals surface area contributed by atoms with Crippen molar-refractivity contribution in [1.29, 1.82) is 0 Å².